The molecule has 0 aliphatic rings. The van der Waals surface area contributed by atoms with Gasteiger partial charge in [-0.15, -0.1) is 0 Å². The van der Waals surface area contributed by atoms with Crippen molar-refractivity contribution in [3.63, 3.8) is 0 Å². The van der Waals surface area contributed by atoms with E-state index in [1.54, 1.807) is 23.4 Å². The molecule has 0 saturated carbocycles. The first-order chi connectivity index (χ1) is 14.2. The van der Waals surface area contributed by atoms with Crippen LogP contribution >= 0.6 is 11.3 Å². The summed E-state index contributed by atoms with van der Waals surface area (Å²) in [6, 6.07) is 19.3. The fraction of sp³-hybridized carbons (Fsp3) is 0.0870. The van der Waals surface area contributed by atoms with Gasteiger partial charge in [-0.3, -0.25) is 14.7 Å². The van der Waals surface area contributed by atoms with Gasteiger partial charge in [0.1, 0.15) is 5.58 Å². The molecule has 5 rings (SSSR count). The third kappa shape index (κ3) is 3.28. The van der Waals surface area contributed by atoms with Crippen LogP contribution in [0, 0.1) is 6.92 Å². The smallest absolute Gasteiger partial charge is 0.296 e. The molecule has 3 aromatic heterocycles. The lowest BCUT2D eigenvalue weighted by atomic mass is 10.2. The van der Waals surface area contributed by atoms with Crippen LogP contribution in [0.1, 0.15) is 21.7 Å². The number of fused-ring (bicyclic) bond motifs is 2. The molecule has 6 heteroatoms. The van der Waals surface area contributed by atoms with E-state index in [0.29, 0.717) is 23.0 Å². The van der Waals surface area contributed by atoms with Crippen molar-refractivity contribution in [1.29, 1.82) is 0 Å². The topological polar surface area (TPSA) is 59.2 Å². The summed E-state index contributed by atoms with van der Waals surface area (Å²) in [7, 11) is 0. The van der Waals surface area contributed by atoms with E-state index in [0.717, 1.165) is 26.7 Å². The van der Waals surface area contributed by atoms with E-state index in [4.69, 9.17) is 9.40 Å². The number of furan rings is 1. The lowest BCUT2D eigenvalue weighted by Gasteiger charge is -2.18. The van der Waals surface area contributed by atoms with Gasteiger partial charge in [-0.25, -0.2) is 4.98 Å². The summed E-state index contributed by atoms with van der Waals surface area (Å²) >= 11 is 1.50. The molecule has 5 aromatic rings. The Kier molecular flexibility index (Phi) is 4.33. The number of carbonyl (C=O) groups excluding carboxylic acids is 1. The molecule has 0 unspecified atom stereocenters. The van der Waals surface area contributed by atoms with Crippen molar-refractivity contribution in [2.45, 2.75) is 13.5 Å². The molecule has 0 fully saturated rings. The Morgan fingerprint density at radius 2 is 2.00 bits per heavy atom. The van der Waals surface area contributed by atoms with Crippen molar-refractivity contribution in [3.8, 4) is 0 Å². The summed E-state index contributed by atoms with van der Waals surface area (Å²) < 4.78 is 6.89. The molecule has 29 heavy (non-hydrogen) atoms. The molecule has 5 nitrogen and oxygen atoms in total. The molecule has 0 radical (unpaired) electrons. The normalized spacial score (nSPS) is 11.2. The Morgan fingerprint density at radius 3 is 2.79 bits per heavy atom. The van der Waals surface area contributed by atoms with Crippen LogP contribution in [0.3, 0.4) is 0 Å². The highest BCUT2D eigenvalue weighted by Crippen LogP contribution is 2.33. The predicted molar refractivity (Wildman–Crippen MR) is 115 cm³/mol. The number of aromatic nitrogens is 2. The second-order valence-electron chi connectivity index (χ2n) is 6.82. The number of carbonyl (C=O) groups is 1. The summed E-state index contributed by atoms with van der Waals surface area (Å²) in [6.45, 7) is 2.39. The van der Waals surface area contributed by atoms with Crippen LogP contribution < -0.4 is 4.90 Å². The molecule has 0 atom stereocenters. The van der Waals surface area contributed by atoms with E-state index in [-0.39, 0.29) is 5.91 Å². The van der Waals surface area contributed by atoms with Crippen molar-refractivity contribution in [1.82, 2.24) is 9.97 Å². The molecule has 0 spiro atoms. The highest BCUT2D eigenvalue weighted by molar-refractivity contribution is 7.22. The second-order valence-corrected chi connectivity index (χ2v) is 7.83. The van der Waals surface area contributed by atoms with Gasteiger partial charge in [-0.05, 0) is 42.3 Å². The van der Waals surface area contributed by atoms with Crippen LogP contribution in [0.25, 0.3) is 21.2 Å². The van der Waals surface area contributed by atoms with Crippen LogP contribution in [-0.2, 0) is 6.54 Å². The molecule has 3 heterocycles. The number of aryl methyl sites for hydroxylation is 1. The lowest BCUT2D eigenvalue weighted by molar-refractivity contribution is 0.0960. The average Bonchev–Trinajstić information content (AvgIpc) is 3.37. The third-order valence-corrected chi connectivity index (χ3v) is 5.83. The molecular formula is C23H17N3O2S. The van der Waals surface area contributed by atoms with E-state index < -0.39 is 0 Å². The highest BCUT2D eigenvalue weighted by atomic mass is 32.1. The first-order valence-electron chi connectivity index (χ1n) is 9.24. The zero-order valence-electron chi connectivity index (χ0n) is 15.7. The molecular weight excluding hydrogens is 382 g/mol. The largest absolute Gasteiger partial charge is 0.451 e. The van der Waals surface area contributed by atoms with Gasteiger partial charge >= 0.3 is 0 Å². The van der Waals surface area contributed by atoms with Crippen LogP contribution in [0.2, 0.25) is 0 Å². The van der Waals surface area contributed by atoms with Crippen molar-refractivity contribution in [3.05, 3.63) is 89.9 Å². The minimum atomic E-state index is -0.221. The summed E-state index contributed by atoms with van der Waals surface area (Å²) in [4.78, 5) is 24.1. The Hall–Kier alpha value is -3.51. The predicted octanol–water partition coefficient (Wildman–Crippen LogP) is 5.59. The van der Waals surface area contributed by atoms with Gasteiger partial charge in [-0.1, -0.05) is 47.7 Å². The van der Waals surface area contributed by atoms with Gasteiger partial charge in [0.05, 0.1) is 16.8 Å². The minimum Gasteiger partial charge on any atom is -0.451 e. The molecule has 1 amide bonds. The number of thiazole rings is 1. The van der Waals surface area contributed by atoms with E-state index in [9.17, 15) is 4.79 Å². The number of pyridine rings is 1. The first-order valence-corrected chi connectivity index (χ1v) is 10.1. The van der Waals surface area contributed by atoms with E-state index >= 15 is 0 Å². The van der Waals surface area contributed by atoms with Crippen LogP contribution in [0.4, 0.5) is 5.13 Å². The zero-order valence-corrected chi connectivity index (χ0v) is 16.5. The minimum absolute atomic E-state index is 0.221. The molecule has 2 aromatic carbocycles. The van der Waals surface area contributed by atoms with Crippen LogP contribution in [-0.4, -0.2) is 15.9 Å². The van der Waals surface area contributed by atoms with Gasteiger partial charge in [0.15, 0.2) is 10.9 Å². The molecule has 142 valence electrons. The van der Waals surface area contributed by atoms with Gasteiger partial charge in [0.2, 0.25) is 0 Å². The van der Waals surface area contributed by atoms with Crippen LogP contribution in [0.5, 0.6) is 0 Å². The summed E-state index contributed by atoms with van der Waals surface area (Å²) in [5, 5.41) is 1.54. The van der Waals surface area contributed by atoms with Gasteiger partial charge in [0, 0.05) is 17.8 Å². The Balaban J connectivity index is 1.60. The number of rotatable bonds is 4. The van der Waals surface area contributed by atoms with Gasteiger partial charge < -0.3 is 4.42 Å². The monoisotopic (exact) mass is 399 g/mol. The number of hydrogen-bond acceptors (Lipinski definition) is 5. The first kappa shape index (κ1) is 17.6. The van der Waals surface area contributed by atoms with Gasteiger partial charge in [-0.2, -0.15) is 0 Å². The Labute approximate surface area is 171 Å². The highest BCUT2D eigenvalue weighted by Gasteiger charge is 2.25. The molecule has 0 aliphatic heterocycles. The van der Waals surface area contributed by atoms with Crippen molar-refractivity contribution >= 4 is 43.6 Å². The zero-order chi connectivity index (χ0) is 19.8. The number of hydrogen-bond donors (Lipinski definition) is 0. The van der Waals surface area contributed by atoms with E-state index in [1.807, 2.05) is 61.5 Å². The number of nitrogens with zero attached hydrogens (tertiary/aromatic N) is 3. The van der Waals surface area contributed by atoms with Crippen molar-refractivity contribution < 1.29 is 9.21 Å². The number of para-hydroxylation sites is 2. The summed E-state index contributed by atoms with van der Waals surface area (Å²) in [6.07, 6.45) is 3.48. The SMILES string of the molecule is Cc1cccc2sc(N(Cc3cccnc3)C(=O)c3cc4ccccc4o3)nc12. The number of amides is 1. The van der Waals surface area contributed by atoms with Crippen molar-refractivity contribution in [2.24, 2.45) is 0 Å². The molecule has 0 aliphatic carbocycles. The summed E-state index contributed by atoms with van der Waals surface area (Å²) in [5.41, 5.74) is 3.62. The van der Waals surface area contributed by atoms with E-state index in [1.165, 1.54) is 11.3 Å². The maximum atomic E-state index is 13.5. The number of anilines is 1. The Bertz CT molecular complexity index is 1290. The maximum absolute atomic E-state index is 13.5. The second kappa shape index (κ2) is 7.14. The Morgan fingerprint density at radius 1 is 1.10 bits per heavy atom. The average molecular weight is 399 g/mol. The number of benzene rings is 2. The molecule has 0 bridgehead atoms. The van der Waals surface area contributed by atoms with Gasteiger partial charge in [0.25, 0.3) is 5.91 Å². The molecule has 0 N–H and O–H groups in total. The fourth-order valence-electron chi connectivity index (χ4n) is 3.31. The van der Waals surface area contributed by atoms with Crippen LogP contribution in [0.15, 0.2) is 77.5 Å². The summed E-state index contributed by atoms with van der Waals surface area (Å²) in [5.74, 6) is 0.0767. The lowest BCUT2D eigenvalue weighted by Crippen LogP contribution is -2.30. The fourth-order valence-corrected chi connectivity index (χ4v) is 4.35. The quantitative estimate of drug-likeness (QED) is 0.395. The standard InChI is InChI=1S/C23H17N3O2S/c1-15-6-4-10-20-21(15)25-23(29-20)26(14-16-7-5-11-24-13-16)22(27)19-12-17-8-2-3-9-18(17)28-19/h2-13H,14H2,1H3. The third-order valence-electron chi connectivity index (χ3n) is 4.79. The maximum Gasteiger partial charge on any atom is 0.296 e. The van der Waals surface area contributed by atoms with Crippen molar-refractivity contribution in [2.75, 3.05) is 4.90 Å². The van der Waals surface area contributed by atoms with E-state index in [2.05, 4.69) is 4.98 Å². The molecule has 0 saturated heterocycles.